The minimum atomic E-state index is -4.49. The van der Waals surface area contributed by atoms with Gasteiger partial charge in [0.2, 0.25) is 0 Å². The molecule has 1 aliphatic carbocycles. The van der Waals surface area contributed by atoms with Crippen LogP contribution in [0.2, 0.25) is 0 Å². The Morgan fingerprint density at radius 1 is 1.40 bits per heavy atom. The van der Waals surface area contributed by atoms with Crippen molar-refractivity contribution < 1.29 is 22.7 Å². The van der Waals surface area contributed by atoms with Crippen LogP contribution >= 0.6 is 0 Å². The second-order valence-electron chi connectivity index (χ2n) is 4.62. The normalized spacial score (nSPS) is 14.8. The van der Waals surface area contributed by atoms with Gasteiger partial charge in [-0.2, -0.15) is 13.2 Å². The molecule has 0 spiro atoms. The van der Waals surface area contributed by atoms with Gasteiger partial charge < -0.3 is 15.4 Å². The summed E-state index contributed by atoms with van der Waals surface area (Å²) in [4.78, 5) is 11.4. The number of ether oxygens (including phenoxy) is 1. The van der Waals surface area contributed by atoms with Crippen molar-refractivity contribution in [2.75, 3.05) is 7.11 Å². The Hall–Kier alpha value is -1.92. The number of carbonyl (C=O) groups is 1. The summed E-state index contributed by atoms with van der Waals surface area (Å²) >= 11 is 0. The van der Waals surface area contributed by atoms with Crippen LogP contribution in [0, 0.1) is 0 Å². The topological polar surface area (TPSA) is 50.4 Å². The second kappa shape index (κ2) is 5.60. The lowest BCUT2D eigenvalue weighted by atomic mass is 10.1. The minimum Gasteiger partial charge on any atom is -0.497 e. The first kappa shape index (κ1) is 14.5. The third kappa shape index (κ3) is 3.79. The Morgan fingerprint density at radius 3 is 2.65 bits per heavy atom. The molecule has 0 atom stereocenters. The van der Waals surface area contributed by atoms with Gasteiger partial charge in [0.05, 0.1) is 12.7 Å². The van der Waals surface area contributed by atoms with E-state index < -0.39 is 17.8 Å². The molecule has 1 saturated carbocycles. The zero-order chi connectivity index (χ0) is 14.8. The van der Waals surface area contributed by atoms with Crippen LogP contribution in [0.4, 0.5) is 18.0 Å². The van der Waals surface area contributed by atoms with Crippen molar-refractivity contribution in [3.63, 3.8) is 0 Å². The summed E-state index contributed by atoms with van der Waals surface area (Å²) in [6.45, 7) is -0.183. The molecule has 2 N–H and O–H groups in total. The quantitative estimate of drug-likeness (QED) is 0.895. The summed E-state index contributed by atoms with van der Waals surface area (Å²) < 4.78 is 43.6. The summed E-state index contributed by atoms with van der Waals surface area (Å²) in [6.07, 6.45) is -2.65. The lowest BCUT2D eigenvalue weighted by Crippen LogP contribution is -2.36. The number of methoxy groups -OCH3 is 1. The molecule has 1 aliphatic rings. The highest BCUT2D eigenvalue weighted by atomic mass is 19.4. The van der Waals surface area contributed by atoms with Crippen molar-refractivity contribution in [1.29, 1.82) is 0 Å². The van der Waals surface area contributed by atoms with Crippen LogP contribution in [0.5, 0.6) is 5.75 Å². The fraction of sp³-hybridized carbons (Fsp3) is 0.462. The lowest BCUT2D eigenvalue weighted by molar-refractivity contribution is -0.138. The number of urea groups is 1. The number of benzene rings is 1. The summed E-state index contributed by atoms with van der Waals surface area (Å²) in [5, 5.41) is 5.08. The number of amides is 2. The summed E-state index contributed by atoms with van der Waals surface area (Å²) in [5.41, 5.74) is -0.798. The molecule has 2 amide bonds. The Labute approximate surface area is 114 Å². The molecule has 0 bridgehead atoms. The monoisotopic (exact) mass is 288 g/mol. The molecule has 1 aromatic carbocycles. The maximum Gasteiger partial charge on any atom is 0.416 e. The van der Waals surface area contributed by atoms with Gasteiger partial charge >= 0.3 is 12.2 Å². The zero-order valence-corrected chi connectivity index (χ0v) is 10.9. The molecule has 0 aromatic heterocycles. The van der Waals surface area contributed by atoms with E-state index in [-0.39, 0.29) is 23.9 Å². The number of halogens is 3. The van der Waals surface area contributed by atoms with Crippen LogP contribution in [0.1, 0.15) is 24.0 Å². The summed E-state index contributed by atoms with van der Waals surface area (Å²) in [7, 11) is 1.30. The predicted octanol–water partition coefficient (Wildman–Crippen LogP) is 2.68. The van der Waals surface area contributed by atoms with E-state index in [0.717, 1.165) is 18.9 Å². The Morgan fingerprint density at radius 2 is 2.10 bits per heavy atom. The predicted molar refractivity (Wildman–Crippen MR) is 66.4 cm³/mol. The van der Waals surface area contributed by atoms with E-state index in [2.05, 4.69) is 10.6 Å². The van der Waals surface area contributed by atoms with Crippen molar-refractivity contribution in [3.8, 4) is 5.75 Å². The van der Waals surface area contributed by atoms with E-state index in [0.29, 0.717) is 0 Å². The number of carbonyl (C=O) groups excluding carboxylic acids is 1. The summed E-state index contributed by atoms with van der Waals surface area (Å²) in [6, 6.07) is 3.38. The molecule has 2 rings (SSSR count). The summed E-state index contributed by atoms with van der Waals surface area (Å²) in [5.74, 6) is 0.128. The first-order valence-corrected chi connectivity index (χ1v) is 6.18. The van der Waals surface area contributed by atoms with E-state index in [1.54, 1.807) is 0 Å². The second-order valence-corrected chi connectivity index (χ2v) is 4.62. The van der Waals surface area contributed by atoms with E-state index in [1.807, 2.05) is 0 Å². The first-order chi connectivity index (χ1) is 9.40. The SMILES string of the molecule is COc1ccc(CNC(=O)NC2CC2)c(C(F)(F)F)c1. The molecular formula is C13H15F3N2O2. The zero-order valence-electron chi connectivity index (χ0n) is 10.9. The maximum atomic E-state index is 12.9. The van der Waals surface area contributed by atoms with Gasteiger partial charge in [0.1, 0.15) is 5.75 Å². The average molecular weight is 288 g/mol. The van der Waals surface area contributed by atoms with Gasteiger partial charge in [-0.1, -0.05) is 6.07 Å². The fourth-order valence-electron chi connectivity index (χ4n) is 1.74. The van der Waals surface area contributed by atoms with Crippen LogP contribution in [-0.4, -0.2) is 19.2 Å². The molecular weight excluding hydrogens is 273 g/mol. The molecule has 1 fully saturated rings. The van der Waals surface area contributed by atoms with Gasteiger partial charge in [0, 0.05) is 12.6 Å². The molecule has 0 unspecified atom stereocenters. The van der Waals surface area contributed by atoms with Crippen molar-refractivity contribution in [1.82, 2.24) is 10.6 Å². The van der Waals surface area contributed by atoms with Gasteiger partial charge in [-0.3, -0.25) is 0 Å². The van der Waals surface area contributed by atoms with Crippen LogP contribution in [-0.2, 0) is 12.7 Å². The van der Waals surface area contributed by atoms with Gasteiger partial charge in [-0.05, 0) is 30.5 Å². The van der Waals surface area contributed by atoms with E-state index in [4.69, 9.17) is 4.74 Å². The molecule has 7 heteroatoms. The van der Waals surface area contributed by atoms with Crippen LogP contribution in [0.3, 0.4) is 0 Å². The van der Waals surface area contributed by atoms with Crippen LogP contribution in [0.25, 0.3) is 0 Å². The maximum absolute atomic E-state index is 12.9. The van der Waals surface area contributed by atoms with Crippen molar-refractivity contribution in [2.24, 2.45) is 0 Å². The number of nitrogens with one attached hydrogen (secondary N) is 2. The van der Waals surface area contributed by atoms with Crippen LogP contribution < -0.4 is 15.4 Å². The number of hydrogen-bond donors (Lipinski definition) is 2. The lowest BCUT2D eigenvalue weighted by Gasteiger charge is -2.15. The minimum absolute atomic E-state index is 0.00393. The highest BCUT2D eigenvalue weighted by molar-refractivity contribution is 5.74. The Balaban J connectivity index is 2.07. The van der Waals surface area contributed by atoms with Gasteiger partial charge in [0.15, 0.2) is 0 Å². The number of hydrogen-bond acceptors (Lipinski definition) is 2. The molecule has 0 saturated heterocycles. The van der Waals surface area contributed by atoms with E-state index in [9.17, 15) is 18.0 Å². The molecule has 20 heavy (non-hydrogen) atoms. The highest BCUT2D eigenvalue weighted by Gasteiger charge is 2.34. The Bertz CT molecular complexity index is 499. The van der Waals surface area contributed by atoms with Crippen molar-refractivity contribution in [3.05, 3.63) is 29.3 Å². The number of alkyl halides is 3. The first-order valence-electron chi connectivity index (χ1n) is 6.18. The standard InChI is InChI=1S/C13H15F3N2O2/c1-20-10-5-2-8(11(6-10)13(14,15)16)7-17-12(19)18-9-3-4-9/h2,5-6,9H,3-4,7H2,1H3,(H2,17,18,19). The number of rotatable bonds is 4. The molecule has 0 aliphatic heterocycles. The van der Waals surface area contributed by atoms with E-state index in [1.165, 1.54) is 19.2 Å². The van der Waals surface area contributed by atoms with Crippen LogP contribution in [0.15, 0.2) is 18.2 Å². The molecule has 1 aromatic rings. The van der Waals surface area contributed by atoms with Gasteiger partial charge in [0.25, 0.3) is 0 Å². The largest absolute Gasteiger partial charge is 0.497 e. The third-order valence-electron chi connectivity index (χ3n) is 2.97. The van der Waals surface area contributed by atoms with Gasteiger partial charge in [-0.25, -0.2) is 4.79 Å². The third-order valence-corrected chi connectivity index (χ3v) is 2.97. The Kier molecular flexibility index (Phi) is 4.06. The molecule has 0 heterocycles. The highest BCUT2D eigenvalue weighted by Crippen LogP contribution is 2.34. The van der Waals surface area contributed by atoms with E-state index >= 15 is 0 Å². The smallest absolute Gasteiger partial charge is 0.416 e. The fourth-order valence-corrected chi connectivity index (χ4v) is 1.74. The van der Waals surface area contributed by atoms with Crippen molar-refractivity contribution in [2.45, 2.75) is 31.6 Å². The molecule has 4 nitrogen and oxygen atoms in total. The average Bonchev–Trinajstić information content (AvgIpc) is 3.19. The molecule has 110 valence electrons. The molecule has 0 radical (unpaired) electrons. The van der Waals surface area contributed by atoms with Gasteiger partial charge in [-0.15, -0.1) is 0 Å². The van der Waals surface area contributed by atoms with Crippen molar-refractivity contribution >= 4 is 6.03 Å².